The van der Waals surface area contributed by atoms with Crippen LogP contribution in [0.1, 0.15) is 32.9 Å². The monoisotopic (exact) mass is 449 g/mol. The van der Waals surface area contributed by atoms with Crippen LogP contribution in [0.5, 0.6) is 5.75 Å². The van der Waals surface area contributed by atoms with Crippen molar-refractivity contribution in [1.29, 1.82) is 0 Å². The molecule has 3 aromatic rings. The molecule has 1 fully saturated rings. The van der Waals surface area contributed by atoms with Crippen molar-refractivity contribution in [3.8, 4) is 5.75 Å². The first-order valence-electron chi connectivity index (χ1n) is 10.9. The molecule has 4 rings (SSSR count). The van der Waals surface area contributed by atoms with E-state index >= 15 is 0 Å². The van der Waals surface area contributed by atoms with Crippen molar-refractivity contribution >= 4 is 17.5 Å². The topological polar surface area (TPSA) is 93.9 Å². The van der Waals surface area contributed by atoms with E-state index in [1.54, 1.807) is 30.3 Å². The molecule has 0 saturated carbocycles. The first kappa shape index (κ1) is 22.5. The molecule has 1 N–H and O–H groups in total. The second-order valence-corrected chi connectivity index (χ2v) is 7.91. The highest BCUT2D eigenvalue weighted by molar-refractivity contribution is 6.06. The lowest BCUT2D eigenvalue weighted by molar-refractivity contribution is -0.134. The summed E-state index contributed by atoms with van der Waals surface area (Å²) in [4.78, 5) is 27.1. The van der Waals surface area contributed by atoms with Gasteiger partial charge in [-0.3, -0.25) is 9.59 Å². The minimum Gasteiger partial charge on any atom is -0.488 e. The van der Waals surface area contributed by atoms with Crippen LogP contribution in [0.25, 0.3) is 0 Å². The van der Waals surface area contributed by atoms with E-state index < -0.39 is 0 Å². The van der Waals surface area contributed by atoms with Gasteiger partial charge in [0.05, 0.1) is 36.5 Å². The molecule has 8 nitrogen and oxygen atoms in total. The van der Waals surface area contributed by atoms with E-state index in [1.807, 2.05) is 36.9 Å². The zero-order valence-electron chi connectivity index (χ0n) is 18.8. The molecular weight excluding hydrogens is 422 g/mol. The van der Waals surface area contributed by atoms with E-state index in [-0.39, 0.29) is 18.4 Å². The molecule has 0 atom stereocenters. The smallest absolute Gasteiger partial charge is 0.259 e. The van der Waals surface area contributed by atoms with Gasteiger partial charge in [-0.15, -0.1) is 0 Å². The Balaban J connectivity index is 1.37. The Labute approximate surface area is 192 Å². The number of rotatable bonds is 7. The van der Waals surface area contributed by atoms with Crippen molar-refractivity contribution in [1.82, 2.24) is 10.1 Å². The van der Waals surface area contributed by atoms with Gasteiger partial charge in [0.25, 0.3) is 5.91 Å². The second kappa shape index (κ2) is 10.3. The van der Waals surface area contributed by atoms with E-state index in [4.69, 9.17) is 14.0 Å². The summed E-state index contributed by atoms with van der Waals surface area (Å²) in [5.74, 6) is 0.977. The van der Waals surface area contributed by atoms with Crippen LogP contribution in [0.2, 0.25) is 0 Å². The third-order valence-corrected chi connectivity index (χ3v) is 5.62. The highest BCUT2D eigenvalue weighted by Gasteiger charge is 2.18. The normalized spacial score (nSPS) is 13.6. The van der Waals surface area contributed by atoms with Crippen LogP contribution >= 0.6 is 0 Å². The van der Waals surface area contributed by atoms with Crippen LogP contribution in [0.4, 0.5) is 5.69 Å². The number of morpholine rings is 1. The Morgan fingerprint density at radius 3 is 2.48 bits per heavy atom. The fourth-order valence-electron chi connectivity index (χ4n) is 3.64. The van der Waals surface area contributed by atoms with Gasteiger partial charge in [-0.05, 0) is 43.7 Å². The van der Waals surface area contributed by atoms with Crippen LogP contribution in [0, 0.1) is 13.8 Å². The van der Waals surface area contributed by atoms with Gasteiger partial charge in [-0.2, -0.15) is 0 Å². The molecule has 2 amide bonds. The quantitative estimate of drug-likeness (QED) is 0.593. The largest absolute Gasteiger partial charge is 0.488 e. The Morgan fingerprint density at radius 2 is 1.79 bits per heavy atom. The third-order valence-electron chi connectivity index (χ3n) is 5.62. The first-order chi connectivity index (χ1) is 16.0. The maximum atomic E-state index is 12.9. The van der Waals surface area contributed by atoms with Gasteiger partial charge in [0.1, 0.15) is 18.1 Å². The molecule has 1 saturated heterocycles. The molecule has 33 heavy (non-hydrogen) atoms. The van der Waals surface area contributed by atoms with Gasteiger partial charge in [0, 0.05) is 18.8 Å². The number of benzene rings is 2. The SMILES string of the molecule is Cc1noc(C)c1COc1ccccc1C(=O)Nc1ccc(CC(=O)N2CCOCC2)cc1. The Kier molecular flexibility index (Phi) is 7.04. The predicted octanol–water partition coefficient (Wildman–Crippen LogP) is 3.52. The van der Waals surface area contributed by atoms with Crippen molar-refractivity contribution in [3.63, 3.8) is 0 Å². The second-order valence-electron chi connectivity index (χ2n) is 7.91. The van der Waals surface area contributed by atoms with E-state index in [9.17, 15) is 9.59 Å². The fraction of sp³-hybridized carbons (Fsp3) is 0.320. The minimum absolute atomic E-state index is 0.0828. The Hall–Kier alpha value is -3.65. The van der Waals surface area contributed by atoms with Gasteiger partial charge in [0.15, 0.2) is 0 Å². The van der Waals surface area contributed by atoms with E-state index in [0.29, 0.717) is 55.5 Å². The Bertz CT molecular complexity index is 1100. The number of carbonyl (C=O) groups is 2. The van der Waals surface area contributed by atoms with Crippen molar-refractivity contribution < 1.29 is 23.6 Å². The number of aromatic nitrogens is 1. The number of hydrogen-bond donors (Lipinski definition) is 1. The van der Waals surface area contributed by atoms with E-state index in [2.05, 4.69) is 10.5 Å². The molecule has 8 heteroatoms. The molecule has 0 aliphatic carbocycles. The van der Waals surface area contributed by atoms with Gasteiger partial charge in [-0.25, -0.2) is 0 Å². The summed E-state index contributed by atoms with van der Waals surface area (Å²) in [7, 11) is 0. The molecule has 0 radical (unpaired) electrons. The highest BCUT2D eigenvalue weighted by atomic mass is 16.5. The Morgan fingerprint density at radius 1 is 1.06 bits per heavy atom. The summed E-state index contributed by atoms with van der Waals surface area (Å²) in [6.45, 7) is 6.37. The van der Waals surface area contributed by atoms with Gasteiger partial charge in [-0.1, -0.05) is 29.4 Å². The molecule has 1 aliphatic rings. The van der Waals surface area contributed by atoms with Crippen molar-refractivity contribution in [2.75, 3.05) is 31.6 Å². The van der Waals surface area contributed by atoms with Crippen molar-refractivity contribution in [2.24, 2.45) is 0 Å². The number of hydrogen-bond acceptors (Lipinski definition) is 6. The van der Waals surface area contributed by atoms with E-state index in [1.165, 1.54) is 0 Å². The lowest BCUT2D eigenvalue weighted by atomic mass is 10.1. The standard InChI is InChI=1S/C25H27N3O5/c1-17-22(18(2)33-27-17)16-32-23-6-4-3-5-21(23)25(30)26-20-9-7-19(8-10-20)15-24(29)28-11-13-31-14-12-28/h3-10H,11-16H2,1-2H3,(H,26,30). The summed E-state index contributed by atoms with van der Waals surface area (Å²) < 4.78 is 16.4. The van der Waals surface area contributed by atoms with Crippen LogP contribution < -0.4 is 10.1 Å². The number of amides is 2. The van der Waals surface area contributed by atoms with Crippen LogP contribution in [0.3, 0.4) is 0 Å². The average Bonchev–Trinajstić information content (AvgIpc) is 3.16. The lowest BCUT2D eigenvalue weighted by Gasteiger charge is -2.26. The molecule has 1 aromatic heterocycles. The van der Waals surface area contributed by atoms with Gasteiger partial charge in [0.2, 0.25) is 5.91 Å². The zero-order valence-corrected chi connectivity index (χ0v) is 18.8. The maximum Gasteiger partial charge on any atom is 0.259 e. The molecule has 0 unspecified atom stereocenters. The molecule has 172 valence electrons. The number of aryl methyl sites for hydroxylation is 2. The summed E-state index contributed by atoms with van der Waals surface area (Å²) in [5.41, 5.74) is 3.60. The average molecular weight is 450 g/mol. The number of anilines is 1. The van der Waals surface area contributed by atoms with Gasteiger partial charge >= 0.3 is 0 Å². The molecule has 0 bridgehead atoms. The van der Waals surface area contributed by atoms with E-state index in [0.717, 1.165) is 16.8 Å². The highest BCUT2D eigenvalue weighted by Crippen LogP contribution is 2.23. The van der Waals surface area contributed by atoms with Crippen LogP contribution in [-0.2, 0) is 22.6 Å². The summed E-state index contributed by atoms with van der Waals surface area (Å²) in [5, 5.41) is 6.83. The number of nitrogens with one attached hydrogen (secondary N) is 1. The van der Waals surface area contributed by atoms with Crippen molar-refractivity contribution in [2.45, 2.75) is 26.9 Å². The summed E-state index contributed by atoms with van der Waals surface area (Å²) in [6, 6.07) is 14.4. The molecule has 1 aliphatic heterocycles. The number of ether oxygens (including phenoxy) is 2. The van der Waals surface area contributed by atoms with Crippen LogP contribution in [0.15, 0.2) is 53.1 Å². The third kappa shape index (κ3) is 5.59. The molecule has 2 heterocycles. The zero-order chi connectivity index (χ0) is 23.2. The number of para-hydroxylation sites is 1. The minimum atomic E-state index is -0.276. The van der Waals surface area contributed by atoms with Crippen molar-refractivity contribution in [3.05, 3.63) is 76.7 Å². The molecule has 0 spiro atoms. The number of carbonyl (C=O) groups excluding carboxylic acids is 2. The van der Waals surface area contributed by atoms with Gasteiger partial charge < -0.3 is 24.2 Å². The number of nitrogens with zero attached hydrogens (tertiary/aromatic N) is 2. The predicted molar refractivity (Wildman–Crippen MR) is 122 cm³/mol. The summed E-state index contributed by atoms with van der Waals surface area (Å²) in [6.07, 6.45) is 0.326. The fourth-order valence-corrected chi connectivity index (χ4v) is 3.64. The maximum absolute atomic E-state index is 12.9. The molecular formula is C25H27N3O5. The summed E-state index contributed by atoms with van der Waals surface area (Å²) >= 11 is 0. The van der Waals surface area contributed by atoms with Crippen LogP contribution in [-0.4, -0.2) is 48.2 Å². The first-order valence-corrected chi connectivity index (χ1v) is 10.9. The lowest BCUT2D eigenvalue weighted by Crippen LogP contribution is -2.41. The molecule has 2 aromatic carbocycles.